The maximum absolute atomic E-state index is 5.01. The van der Waals surface area contributed by atoms with Crippen LogP contribution in [0.5, 0.6) is 11.6 Å². The topological polar surface area (TPSA) is 23.4 Å². The van der Waals surface area contributed by atoms with Gasteiger partial charge in [-0.25, -0.2) is 0 Å². The summed E-state index contributed by atoms with van der Waals surface area (Å²) in [5, 5.41) is 0. The molecule has 0 aliphatic rings. The molecule has 0 fully saturated rings. The van der Waals surface area contributed by atoms with Gasteiger partial charge in [0.05, 0.1) is 14.2 Å². The van der Waals surface area contributed by atoms with Gasteiger partial charge in [0.2, 0.25) is 0 Å². The smallest absolute Gasteiger partial charge is 0.196 e. The van der Waals surface area contributed by atoms with Crippen molar-refractivity contribution in [1.82, 2.24) is 4.57 Å². The Labute approximate surface area is 60.2 Å². The molecule has 0 amide bonds. The summed E-state index contributed by atoms with van der Waals surface area (Å²) in [6, 6.07) is 1.83. The maximum atomic E-state index is 5.01. The van der Waals surface area contributed by atoms with E-state index in [0.717, 1.165) is 11.6 Å². The second-order valence-corrected chi connectivity index (χ2v) is 2.03. The summed E-state index contributed by atoms with van der Waals surface area (Å²) in [4.78, 5) is 0. The Morgan fingerprint density at radius 3 is 2.30 bits per heavy atom. The summed E-state index contributed by atoms with van der Waals surface area (Å²) in [6.07, 6.45) is 1.86. The molecule has 3 heteroatoms. The Hall–Kier alpha value is -1.12. The zero-order valence-corrected chi connectivity index (χ0v) is 6.42. The number of methoxy groups -OCH3 is 2. The number of ether oxygens (including phenoxy) is 2. The first-order chi connectivity index (χ1) is 4.77. The van der Waals surface area contributed by atoms with Crippen molar-refractivity contribution in [2.45, 2.75) is 0 Å². The highest BCUT2D eigenvalue weighted by Crippen LogP contribution is 2.20. The van der Waals surface area contributed by atoms with Crippen LogP contribution in [0.2, 0.25) is 0 Å². The normalized spacial score (nSPS) is 9.50. The van der Waals surface area contributed by atoms with E-state index in [1.807, 2.05) is 23.9 Å². The fourth-order valence-corrected chi connectivity index (χ4v) is 0.830. The molecule has 1 aromatic rings. The molecule has 56 valence electrons. The van der Waals surface area contributed by atoms with Gasteiger partial charge in [-0.05, 0) is 0 Å². The summed E-state index contributed by atoms with van der Waals surface area (Å²) >= 11 is 0. The monoisotopic (exact) mass is 141 g/mol. The zero-order valence-electron chi connectivity index (χ0n) is 6.42. The van der Waals surface area contributed by atoms with Crippen molar-refractivity contribution in [1.29, 1.82) is 0 Å². The summed E-state index contributed by atoms with van der Waals surface area (Å²) < 4.78 is 11.8. The molecule has 1 heterocycles. The van der Waals surface area contributed by atoms with E-state index in [1.165, 1.54) is 0 Å². The molecule has 0 saturated heterocycles. The van der Waals surface area contributed by atoms with Crippen molar-refractivity contribution in [3.63, 3.8) is 0 Å². The Bertz CT molecular complexity index is 217. The van der Waals surface area contributed by atoms with Gasteiger partial charge in [0.1, 0.15) is 5.75 Å². The fourth-order valence-electron chi connectivity index (χ4n) is 0.830. The molecule has 0 spiro atoms. The minimum absolute atomic E-state index is 0.803. The standard InChI is InChI=1S/C7H11NO2/c1-8-5-6(9-2)4-7(8)10-3/h4-5H,1-3H3. The quantitative estimate of drug-likeness (QED) is 0.614. The Morgan fingerprint density at radius 2 is 2.00 bits per heavy atom. The lowest BCUT2D eigenvalue weighted by atomic mass is 10.6. The van der Waals surface area contributed by atoms with Gasteiger partial charge < -0.3 is 14.0 Å². The van der Waals surface area contributed by atoms with Crippen LogP contribution in [0.15, 0.2) is 12.3 Å². The van der Waals surface area contributed by atoms with Crippen LogP contribution in [0.25, 0.3) is 0 Å². The molecule has 3 nitrogen and oxygen atoms in total. The maximum Gasteiger partial charge on any atom is 0.196 e. The molecule has 0 radical (unpaired) electrons. The van der Waals surface area contributed by atoms with Crippen molar-refractivity contribution in [2.24, 2.45) is 7.05 Å². The van der Waals surface area contributed by atoms with Gasteiger partial charge in [0.25, 0.3) is 0 Å². The zero-order chi connectivity index (χ0) is 7.56. The van der Waals surface area contributed by atoms with E-state index in [1.54, 1.807) is 14.2 Å². The van der Waals surface area contributed by atoms with Crippen LogP contribution < -0.4 is 9.47 Å². The molecule has 0 aliphatic carbocycles. The molecule has 1 rings (SSSR count). The molecule has 0 unspecified atom stereocenters. The average molecular weight is 141 g/mol. The molecule has 0 bridgehead atoms. The average Bonchev–Trinajstić information content (AvgIpc) is 2.30. The lowest BCUT2D eigenvalue weighted by molar-refractivity contribution is 0.381. The SMILES string of the molecule is COc1cc(OC)n(C)c1. The van der Waals surface area contributed by atoms with Gasteiger partial charge in [-0.1, -0.05) is 0 Å². The number of hydrogen-bond acceptors (Lipinski definition) is 2. The highest BCUT2D eigenvalue weighted by atomic mass is 16.5. The predicted molar refractivity (Wildman–Crippen MR) is 38.5 cm³/mol. The van der Waals surface area contributed by atoms with E-state index in [-0.39, 0.29) is 0 Å². The number of hydrogen-bond donors (Lipinski definition) is 0. The summed E-state index contributed by atoms with van der Waals surface area (Å²) in [7, 11) is 5.17. The second kappa shape index (κ2) is 2.64. The first-order valence-electron chi connectivity index (χ1n) is 3.02. The van der Waals surface area contributed by atoms with Crippen molar-refractivity contribution in [3.05, 3.63) is 12.3 Å². The van der Waals surface area contributed by atoms with Crippen molar-refractivity contribution in [3.8, 4) is 11.6 Å². The summed E-state index contributed by atoms with van der Waals surface area (Å²) in [5.74, 6) is 1.62. The third-order valence-corrected chi connectivity index (χ3v) is 1.38. The molecule has 0 N–H and O–H groups in total. The van der Waals surface area contributed by atoms with E-state index in [2.05, 4.69) is 0 Å². The largest absolute Gasteiger partial charge is 0.495 e. The highest BCUT2D eigenvalue weighted by molar-refractivity contribution is 5.28. The Balaban J connectivity index is 2.92. The molecule has 0 saturated carbocycles. The second-order valence-electron chi connectivity index (χ2n) is 2.03. The van der Waals surface area contributed by atoms with E-state index >= 15 is 0 Å². The van der Waals surface area contributed by atoms with E-state index < -0.39 is 0 Å². The van der Waals surface area contributed by atoms with E-state index in [0.29, 0.717) is 0 Å². The first-order valence-corrected chi connectivity index (χ1v) is 3.02. The lowest BCUT2D eigenvalue weighted by Crippen LogP contribution is -1.90. The summed E-state index contributed by atoms with van der Waals surface area (Å²) in [5.41, 5.74) is 0. The van der Waals surface area contributed by atoms with Crippen LogP contribution in [0, 0.1) is 0 Å². The van der Waals surface area contributed by atoms with E-state index in [9.17, 15) is 0 Å². The Kier molecular flexibility index (Phi) is 1.85. The molecule has 0 atom stereocenters. The molecule has 1 aromatic heterocycles. The van der Waals surface area contributed by atoms with Crippen molar-refractivity contribution >= 4 is 0 Å². The number of aromatic nitrogens is 1. The molecule has 0 aliphatic heterocycles. The molecule has 0 aromatic carbocycles. The van der Waals surface area contributed by atoms with Crippen LogP contribution in [0.1, 0.15) is 0 Å². The van der Waals surface area contributed by atoms with Crippen LogP contribution in [0.4, 0.5) is 0 Å². The third-order valence-electron chi connectivity index (χ3n) is 1.38. The molecular formula is C7H11NO2. The number of rotatable bonds is 2. The van der Waals surface area contributed by atoms with E-state index in [4.69, 9.17) is 9.47 Å². The van der Waals surface area contributed by atoms with Gasteiger partial charge >= 0.3 is 0 Å². The van der Waals surface area contributed by atoms with Gasteiger partial charge in [-0.3, -0.25) is 0 Å². The van der Waals surface area contributed by atoms with Crippen LogP contribution >= 0.6 is 0 Å². The minimum Gasteiger partial charge on any atom is -0.495 e. The molecular weight excluding hydrogens is 130 g/mol. The van der Waals surface area contributed by atoms with Gasteiger partial charge in [0, 0.05) is 19.3 Å². The van der Waals surface area contributed by atoms with Crippen LogP contribution in [0.3, 0.4) is 0 Å². The first kappa shape index (κ1) is 6.99. The third kappa shape index (κ3) is 1.07. The fraction of sp³-hybridized carbons (Fsp3) is 0.429. The number of aryl methyl sites for hydroxylation is 1. The van der Waals surface area contributed by atoms with Crippen LogP contribution in [-0.4, -0.2) is 18.8 Å². The Morgan fingerprint density at radius 1 is 1.30 bits per heavy atom. The van der Waals surface area contributed by atoms with Crippen molar-refractivity contribution in [2.75, 3.05) is 14.2 Å². The van der Waals surface area contributed by atoms with Crippen molar-refractivity contribution < 1.29 is 9.47 Å². The predicted octanol–water partition coefficient (Wildman–Crippen LogP) is 1.04. The molecule has 10 heavy (non-hydrogen) atoms. The number of nitrogens with zero attached hydrogens (tertiary/aromatic N) is 1. The highest BCUT2D eigenvalue weighted by Gasteiger charge is 2.00. The van der Waals surface area contributed by atoms with Gasteiger partial charge in [0.15, 0.2) is 5.88 Å². The van der Waals surface area contributed by atoms with Gasteiger partial charge in [-0.15, -0.1) is 0 Å². The minimum atomic E-state index is 0.803. The summed E-state index contributed by atoms with van der Waals surface area (Å²) in [6.45, 7) is 0. The van der Waals surface area contributed by atoms with Gasteiger partial charge in [-0.2, -0.15) is 0 Å². The van der Waals surface area contributed by atoms with Crippen LogP contribution in [-0.2, 0) is 7.05 Å². The lowest BCUT2D eigenvalue weighted by Gasteiger charge is -1.96.